The Morgan fingerprint density at radius 3 is 2.44 bits per heavy atom. The summed E-state index contributed by atoms with van der Waals surface area (Å²) in [5.41, 5.74) is 1.59. The maximum absolute atomic E-state index is 13.3. The second-order valence-electron chi connectivity index (χ2n) is 5.24. The number of aromatic nitrogens is 2. The first kappa shape index (κ1) is 18.8. The van der Waals surface area contributed by atoms with Gasteiger partial charge in [0.15, 0.2) is 5.82 Å². The number of hydrogen-bond donors (Lipinski definition) is 0. The topological polar surface area (TPSA) is 30.2 Å². The lowest BCUT2D eigenvalue weighted by molar-refractivity contribution is 0.611. The fraction of sp³-hybridized carbons (Fsp3) is 0.125. The highest BCUT2D eigenvalue weighted by Crippen LogP contribution is 2.33. The highest BCUT2D eigenvalue weighted by Gasteiger charge is 2.17. The van der Waals surface area contributed by atoms with Crippen molar-refractivity contribution in [1.82, 2.24) is 9.78 Å². The summed E-state index contributed by atoms with van der Waals surface area (Å²) < 4.78 is 29.1. The van der Waals surface area contributed by atoms with E-state index in [4.69, 9.17) is 23.2 Å². The molecule has 25 heavy (non-hydrogen) atoms. The molecule has 0 aliphatic carbocycles. The molecule has 130 valence electrons. The first-order valence-corrected chi connectivity index (χ1v) is 9.26. The summed E-state index contributed by atoms with van der Waals surface area (Å²) in [4.78, 5) is 3.94. The van der Waals surface area contributed by atoms with Gasteiger partial charge in [-0.25, -0.2) is 8.78 Å². The molecule has 9 heteroatoms. The van der Waals surface area contributed by atoms with Gasteiger partial charge >= 0.3 is 0 Å². The van der Waals surface area contributed by atoms with Gasteiger partial charge in [-0.05, 0) is 44.0 Å². The van der Waals surface area contributed by atoms with Gasteiger partial charge in [0.2, 0.25) is 0 Å². The van der Waals surface area contributed by atoms with Crippen molar-refractivity contribution in [2.24, 2.45) is 12.0 Å². The molecule has 1 aliphatic heterocycles. The number of aliphatic imine (C=N–C) groups is 1. The molecule has 1 aromatic heterocycles. The monoisotopic (exact) mass is 509 g/mol. The summed E-state index contributed by atoms with van der Waals surface area (Å²) in [6.07, 6.45) is 3.29. The van der Waals surface area contributed by atoms with Gasteiger partial charge < -0.3 is 0 Å². The van der Waals surface area contributed by atoms with E-state index in [2.05, 4.69) is 42.0 Å². The van der Waals surface area contributed by atoms with E-state index in [1.165, 1.54) is 16.8 Å². The smallest absolute Gasteiger partial charge is 0.152 e. The van der Waals surface area contributed by atoms with Crippen molar-refractivity contribution in [3.63, 3.8) is 0 Å². The number of rotatable bonds is 0. The molecule has 0 spiro atoms. The molecule has 4 rings (SSSR count). The van der Waals surface area contributed by atoms with Gasteiger partial charge in [0.25, 0.3) is 0 Å². The molecule has 2 heterocycles. The third-order valence-electron chi connectivity index (χ3n) is 3.54. The van der Waals surface area contributed by atoms with E-state index in [1.54, 1.807) is 19.5 Å². The van der Waals surface area contributed by atoms with Crippen molar-refractivity contribution in [2.45, 2.75) is 6.54 Å². The van der Waals surface area contributed by atoms with E-state index >= 15 is 0 Å². The van der Waals surface area contributed by atoms with Crippen LogP contribution in [-0.2, 0) is 13.6 Å². The van der Waals surface area contributed by atoms with Crippen molar-refractivity contribution in [3.05, 3.63) is 60.1 Å². The molecule has 0 unspecified atom stereocenters. The minimum absolute atomic E-state index is 0.251. The molecule has 2 aromatic carbocycles. The largest absolute Gasteiger partial charge is 0.288 e. The maximum Gasteiger partial charge on any atom is 0.152 e. The quantitative estimate of drug-likeness (QED) is 0.326. The van der Waals surface area contributed by atoms with E-state index in [0.717, 1.165) is 0 Å². The average molecular weight is 512 g/mol. The van der Waals surface area contributed by atoms with Gasteiger partial charge in [0.05, 0.1) is 16.6 Å². The summed E-state index contributed by atoms with van der Waals surface area (Å²) in [6, 6.07) is 2.69. The minimum atomic E-state index is -0.369. The van der Waals surface area contributed by atoms with Crippen molar-refractivity contribution < 1.29 is 8.78 Å². The normalized spacial score (nSPS) is 12.3. The average Bonchev–Trinajstić information content (AvgIpc) is 3.18. The molecular formula is C16H9Br2Cl2F2N3. The molecule has 3 aromatic rings. The standard InChI is InChI=1S/C8H5BrClFN2.C8H4BrClFN/c1-13-3-4-7(10)5(9)2-6(11)8(4)12-13;9-6-1-7(11)4-2-12-3-5(4)8(6)10/h2-3H,1H3;1,3H,2H2. The van der Waals surface area contributed by atoms with Gasteiger partial charge in [-0.2, -0.15) is 5.10 Å². The van der Waals surface area contributed by atoms with Crippen LogP contribution >= 0.6 is 55.1 Å². The fourth-order valence-corrected chi connectivity index (χ4v) is 3.61. The zero-order chi connectivity index (χ0) is 18.3. The van der Waals surface area contributed by atoms with Crippen molar-refractivity contribution in [2.75, 3.05) is 0 Å². The van der Waals surface area contributed by atoms with Crippen LogP contribution in [0.2, 0.25) is 10.0 Å². The van der Waals surface area contributed by atoms with Gasteiger partial charge in [-0.3, -0.25) is 9.67 Å². The van der Waals surface area contributed by atoms with Crippen LogP contribution in [0.25, 0.3) is 10.9 Å². The van der Waals surface area contributed by atoms with Crippen LogP contribution in [0.15, 0.2) is 32.3 Å². The zero-order valence-corrected chi connectivity index (χ0v) is 17.3. The van der Waals surface area contributed by atoms with Gasteiger partial charge in [0.1, 0.15) is 11.3 Å². The first-order valence-electron chi connectivity index (χ1n) is 6.92. The van der Waals surface area contributed by atoms with Gasteiger partial charge in [-0.15, -0.1) is 0 Å². The molecule has 0 N–H and O–H groups in total. The highest BCUT2D eigenvalue weighted by atomic mass is 79.9. The highest BCUT2D eigenvalue weighted by molar-refractivity contribution is 9.10. The predicted octanol–water partition coefficient (Wildman–Crippen LogP) is 6.30. The van der Waals surface area contributed by atoms with Crippen LogP contribution in [0.3, 0.4) is 0 Å². The molecule has 0 atom stereocenters. The Balaban J connectivity index is 0.000000146. The van der Waals surface area contributed by atoms with Crippen LogP contribution in [0, 0.1) is 11.6 Å². The van der Waals surface area contributed by atoms with Crippen LogP contribution in [0.1, 0.15) is 11.1 Å². The number of hydrogen-bond acceptors (Lipinski definition) is 2. The summed E-state index contributed by atoms with van der Waals surface area (Å²) >= 11 is 18.2. The second-order valence-corrected chi connectivity index (χ2v) is 7.70. The predicted molar refractivity (Wildman–Crippen MR) is 104 cm³/mol. The number of nitrogens with zero attached hydrogens (tertiary/aromatic N) is 3. The third kappa shape index (κ3) is 3.60. The van der Waals surface area contributed by atoms with Crippen LogP contribution in [0.5, 0.6) is 0 Å². The lowest BCUT2D eigenvalue weighted by Crippen LogP contribution is -1.92. The molecule has 0 amide bonds. The van der Waals surface area contributed by atoms with Crippen molar-refractivity contribution in [3.8, 4) is 0 Å². The van der Waals surface area contributed by atoms with Gasteiger partial charge in [-0.1, -0.05) is 23.2 Å². The maximum atomic E-state index is 13.3. The minimum Gasteiger partial charge on any atom is -0.288 e. The van der Waals surface area contributed by atoms with E-state index in [-0.39, 0.29) is 11.6 Å². The Hall–Kier alpha value is -1.02. The summed E-state index contributed by atoms with van der Waals surface area (Å²) in [5, 5.41) is 5.60. The van der Waals surface area contributed by atoms with Crippen LogP contribution in [0.4, 0.5) is 8.78 Å². The Morgan fingerprint density at radius 1 is 1.08 bits per heavy atom. The Kier molecular flexibility index (Phi) is 5.48. The molecule has 0 radical (unpaired) electrons. The molecule has 3 nitrogen and oxygen atoms in total. The second kappa shape index (κ2) is 7.31. The lowest BCUT2D eigenvalue weighted by Gasteiger charge is -2.03. The van der Waals surface area contributed by atoms with Crippen molar-refractivity contribution >= 4 is 72.2 Å². The van der Waals surface area contributed by atoms with Crippen LogP contribution < -0.4 is 0 Å². The number of benzene rings is 2. The van der Waals surface area contributed by atoms with E-state index in [0.29, 0.717) is 47.6 Å². The Morgan fingerprint density at radius 2 is 1.72 bits per heavy atom. The molecule has 0 bridgehead atoms. The lowest BCUT2D eigenvalue weighted by atomic mass is 10.1. The third-order valence-corrected chi connectivity index (χ3v) is 6.06. The Labute approximate surface area is 168 Å². The molecule has 0 saturated carbocycles. The summed E-state index contributed by atoms with van der Waals surface area (Å²) in [5.74, 6) is -0.620. The first-order chi connectivity index (χ1) is 11.8. The molecule has 0 fully saturated rings. The van der Waals surface area contributed by atoms with Crippen LogP contribution in [-0.4, -0.2) is 16.0 Å². The number of fused-ring (bicyclic) bond motifs is 2. The molecule has 0 saturated heterocycles. The van der Waals surface area contributed by atoms with Crippen molar-refractivity contribution in [1.29, 1.82) is 0 Å². The summed E-state index contributed by atoms with van der Waals surface area (Å²) in [6.45, 7) is 0.397. The van der Waals surface area contributed by atoms with E-state index < -0.39 is 0 Å². The Bertz CT molecular complexity index is 1020. The van der Waals surface area contributed by atoms with Gasteiger partial charge in [0, 0.05) is 44.9 Å². The van der Waals surface area contributed by atoms with E-state index in [1.807, 2.05) is 0 Å². The molecular weight excluding hydrogens is 503 g/mol. The van der Waals surface area contributed by atoms with E-state index in [9.17, 15) is 8.78 Å². The fourth-order valence-electron chi connectivity index (χ4n) is 2.37. The number of aryl methyl sites for hydroxylation is 1. The summed E-state index contributed by atoms with van der Waals surface area (Å²) in [7, 11) is 1.73. The SMILES string of the molecule is Cn1cc2c(Cl)c(Br)cc(F)c2n1.Fc1cc(Br)c(Cl)c2c1CN=C2. The zero-order valence-electron chi connectivity index (χ0n) is 12.6. The molecule has 1 aliphatic rings. The number of halogens is 6.